The van der Waals surface area contributed by atoms with E-state index < -0.39 is 0 Å². The second kappa shape index (κ2) is 4.95. The highest BCUT2D eigenvalue weighted by atomic mass is 16.1. The number of rotatable bonds is 4. The van der Waals surface area contributed by atoms with E-state index in [0.717, 1.165) is 36.1 Å². The quantitative estimate of drug-likeness (QED) is 0.754. The molecule has 88 valence electrons. The number of nitrogens with zero attached hydrogens (tertiary/aromatic N) is 2. The van der Waals surface area contributed by atoms with Gasteiger partial charge >= 0.3 is 0 Å². The second-order valence-electron chi connectivity index (χ2n) is 4.13. The molecule has 0 aliphatic carbocycles. The number of aromatic nitrogens is 2. The van der Waals surface area contributed by atoms with Crippen molar-refractivity contribution in [2.75, 3.05) is 0 Å². The van der Waals surface area contributed by atoms with E-state index in [1.807, 2.05) is 42.1 Å². The van der Waals surface area contributed by atoms with Crippen LogP contribution in [0.1, 0.15) is 29.4 Å². The molecule has 17 heavy (non-hydrogen) atoms. The second-order valence-corrected chi connectivity index (χ2v) is 4.13. The molecule has 0 aliphatic rings. The molecule has 1 heterocycles. The molecular weight excluding hydrogens is 212 g/mol. The highest BCUT2D eigenvalue weighted by Crippen LogP contribution is 2.23. The molecule has 0 saturated carbocycles. The molecule has 0 atom stereocenters. The zero-order chi connectivity index (χ0) is 12.3. The first-order valence-corrected chi connectivity index (χ1v) is 5.84. The standard InChI is InChI=1S/C14H16N2O/c1-3-7-16-9-14(11(2)15-16)13-6-4-5-12(8-13)10-17/h4-6,8-10H,3,7H2,1-2H3. The molecule has 2 aromatic rings. The van der Waals surface area contributed by atoms with Crippen LogP contribution in [0.3, 0.4) is 0 Å². The van der Waals surface area contributed by atoms with Gasteiger partial charge in [0, 0.05) is 23.9 Å². The van der Waals surface area contributed by atoms with Crippen molar-refractivity contribution in [1.82, 2.24) is 9.78 Å². The minimum absolute atomic E-state index is 0.699. The van der Waals surface area contributed by atoms with Crippen LogP contribution in [0, 0.1) is 6.92 Å². The lowest BCUT2D eigenvalue weighted by Crippen LogP contribution is -1.96. The van der Waals surface area contributed by atoms with Gasteiger partial charge in [-0.1, -0.05) is 25.1 Å². The molecule has 3 heteroatoms. The van der Waals surface area contributed by atoms with Gasteiger partial charge in [-0.25, -0.2) is 0 Å². The predicted octanol–water partition coefficient (Wildman–Crippen LogP) is 3.08. The van der Waals surface area contributed by atoms with Crippen LogP contribution < -0.4 is 0 Å². The number of aldehydes is 1. The van der Waals surface area contributed by atoms with Crippen molar-refractivity contribution in [2.45, 2.75) is 26.8 Å². The smallest absolute Gasteiger partial charge is 0.150 e. The molecule has 0 radical (unpaired) electrons. The zero-order valence-electron chi connectivity index (χ0n) is 10.2. The molecule has 2 rings (SSSR count). The summed E-state index contributed by atoms with van der Waals surface area (Å²) in [5.41, 5.74) is 3.85. The number of hydrogen-bond acceptors (Lipinski definition) is 2. The van der Waals surface area contributed by atoms with Crippen LogP contribution in [0.5, 0.6) is 0 Å². The maximum Gasteiger partial charge on any atom is 0.150 e. The molecule has 0 spiro atoms. The van der Waals surface area contributed by atoms with E-state index in [9.17, 15) is 4.79 Å². The Kier molecular flexibility index (Phi) is 3.38. The van der Waals surface area contributed by atoms with Crippen LogP contribution in [0.15, 0.2) is 30.5 Å². The van der Waals surface area contributed by atoms with E-state index in [4.69, 9.17) is 0 Å². The number of hydrogen-bond donors (Lipinski definition) is 0. The first kappa shape index (κ1) is 11.6. The Balaban J connectivity index is 2.41. The van der Waals surface area contributed by atoms with Gasteiger partial charge < -0.3 is 0 Å². The van der Waals surface area contributed by atoms with Gasteiger partial charge in [0.05, 0.1) is 5.69 Å². The van der Waals surface area contributed by atoms with Crippen molar-refractivity contribution in [2.24, 2.45) is 0 Å². The highest BCUT2D eigenvalue weighted by Gasteiger charge is 2.07. The summed E-state index contributed by atoms with van der Waals surface area (Å²) in [7, 11) is 0. The maximum atomic E-state index is 10.8. The highest BCUT2D eigenvalue weighted by molar-refractivity contribution is 5.79. The molecule has 1 aromatic carbocycles. The summed E-state index contributed by atoms with van der Waals surface area (Å²) in [5.74, 6) is 0. The van der Waals surface area contributed by atoms with Crippen molar-refractivity contribution < 1.29 is 4.79 Å². The lowest BCUT2D eigenvalue weighted by molar-refractivity contribution is 0.112. The Morgan fingerprint density at radius 1 is 1.41 bits per heavy atom. The monoisotopic (exact) mass is 228 g/mol. The molecule has 0 N–H and O–H groups in total. The average molecular weight is 228 g/mol. The summed E-state index contributed by atoms with van der Waals surface area (Å²) in [6, 6.07) is 7.61. The van der Waals surface area contributed by atoms with Gasteiger partial charge in [-0.05, 0) is 25.0 Å². The van der Waals surface area contributed by atoms with E-state index in [-0.39, 0.29) is 0 Å². The SMILES string of the molecule is CCCn1cc(-c2cccc(C=O)c2)c(C)n1. The van der Waals surface area contributed by atoms with Crippen molar-refractivity contribution in [3.8, 4) is 11.1 Å². The summed E-state index contributed by atoms with van der Waals surface area (Å²) >= 11 is 0. The van der Waals surface area contributed by atoms with E-state index in [1.165, 1.54) is 0 Å². The van der Waals surface area contributed by atoms with Crippen molar-refractivity contribution >= 4 is 6.29 Å². The largest absolute Gasteiger partial charge is 0.298 e. The first-order valence-electron chi connectivity index (χ1n) is 5.84. The Morgan fingerprint density at radius 2 is 2.24 bits per heavy atom. The van der Waals surface area contributed by atoms with Crippen LogP contribution in [0.25, 0.3) is 11.1 Å². The van der Waals surface area contributed by atoms with E-state index in [1.54, 1.807) is 0 Å². The molecule has 1 aromatic heterocycles. The van der Waals surface area contributed by atoms with E-state index >= 15 is 0 Å². The third-order valence-electron chi connectivity index (χ3n) is 2.73. The number of carbonyl (C=O) groups is 1. The van der Waals surface area contributed by atoms with Crippen LogP contribution in [0.4, 0.5) is 0 Å². The minimum atomic E-state index is 0.699. The first-order chi connectivity index (χ1) is 8.24. The third-order valence-corrected chi connectivity index (χ3v) is 2.73. The molecule has 3 nitrogen and oxygen atoms in total. The van der Waals surface area contributed by atoms with Gasteiger partial charge in [0.25, 0.3) is 0 Å². The van der Waals surface area contributed by atoms with Gasteiger partial charge in [-0.2, -0.15) is 5.10 Å². The van der Waals surface area contributed by atoms with Gasteiger partial charge in [-0.3, -0.25) is 9.48 Å². The number of carbonyl (C=O) groups excluding carboxylic acids is 1. The van der Waals surface area contributed by atoms with Crippen LogP contribution in [-0.2, 0) is 6.54 Å². The summed E-state index contributed by atoms with van der Waals surface area (Å²) in [4.78, 5) is 10.8. The third kappa shape index (κ3) is 2.44. The van der Waals surface area contributed by atoms with Crippen molar-refractivity contribution in [3.63, 3.8) is 0 Å². The summed E-state index contributed by atoms with van der Waals surface area (Å²) in [6.07, 6.45) is 3.98. The molecule has 0 saturated heterocycles. The Hall–Kier alpha value is -1.90. The minimum Gasteiger partial charge on any atom is -0.298 e. The topological polar surface area (TPSA) is 34.9 Å². The van der Waals surface area contributed by atoms with Gasteiger partial charge in [0.2, 0.25) is 0 Å². The number of benzene rings is 1. The van der Waals surface area contributed by atoms with E-state index in [0.29, 0.717) is 5.56 Å². The molecule has 0 aliphatic heterocycles. The lowest BCUT2D eigenvalue weighted by Gasteiger charge is -1.99. The molecule has 0 amide bonds. The number of aryl methyl sites for hydroxylation is 2. The summed E-state index contributed by atoms with van der Waals surface area (Å²) in [5, 5.41) is 4.46. The fourth-order valence-electron chi connectivity index (χ4n) is 1.92. The zero-order valence-corrected chi connectivity index (χ0v) is 10.2. The molecular formula is C14H16N2O. The Labute approximate surface area is 101 Å². The van der Waals surface area contributed by atoms with Crippen LogP contribution in [-0.4, -0.2) is 16.1 Å². The average Bonchev–Trinajstić information content (AvgIpc) is 2.71. The van der Waals surface area contributed by atoms with E-state index in [2.05, 4.69) is 12.0 Å². The molecule has 0 unspecified atom stereocenters. The van der Waals surface area contributed by atoms with Gasteiger partial charge in [0.1, 0.15) is 6.29 Å². The normalized spacial score (nSPS) is 10.5. The van der Waals surface area contributed by atoms with Gasteiger partial charge in [-0.15, -0.1) is 0 Å². The Morgan fingerprint density at radius 3 is 2.94 bits per heavy atom. The lowest BCUT2D eigenvalue weighted by atomic mass is 10.0. The van der Waals surface area contributed by atoms with Crippen LogP contribution in [0.2, 0.25) is 0 Å². The van der Waals surface area contributed by atoms with Crippen molar-refractivity contribution in [1.29, 1.82) is 0 Å². The van der Waals surface area contributed by atoms with Gasteiger partial charge in [0.15, 0.2) is 0 Å². The fourth-order valence-corrected chi connectivity index (χ4v) is 1.92. The maximum absolute atomic E-state index is 10.8. The van der Waals surface area contributed by atoms with Crippen molar-refractivity contribution in [3.05, 3.63) is 41.7 Å². The molecule has 0 fully saturated rings. The molecule has 0 bridgehead atoms. The summed E-state index contributed by atoms with van der Waals surface area (Å²) < 4.78 is 1.96. The Bertz CT molecular complexity index is 529. The fraction of sp³-hybridized carbons (Fsp3) is 0.286. The summed E-state index contributed by atoms with van der Waals surface area (Å²) in [6.45, 7) is 5.05. The predicted molar refractivity (Wildman–Crippen MR) is 68.1 cm³/mol. The van der Waals surface area contributed by atoms with Crippen LogP contribution >= 0.6 is 0 Å².